The molecule has 0 saturated heterocycles. The number of anilines is 1. The Hall–Kier alpha value is -1.84. The molecule has 0 fully saturated rings. The van der Waals surface area contributed by atoms with E-state index < -0.39 is 0 Å². The fourth-order valence-corrected chi connectivity index (χ4v) is 1.72. The van der Waals surface area contributed by atoms with Crippen molar-refractivity contribution in [3.63, 3.8) is 0 Å². The van der Waals surface area contributed by atoms with Crippen molar-refractivity contribution < 1.29 is 4.39 Å². The van der Waals surface area contributed by atoms with Gasteiger partial charge in [0.15, 0.2) is 0 Å². The first-order valence-corrected chi connectivity index (χ1v) is 5.18. The van der Waals surface area contributed by atoms with E-state index in [2.05, 4.69) is 17.2 Å². The largest absolute Gasteiger partial charge is 0.359 e. The van der Waals surface area contributed by atoms with Crippen molar-refractivity contribution in [3.8, 4) is 0 Å². The molecule has 2 rings (SSSR count). The second-order valence-electron chi connectivity index (χ2n) is 3.64. The van der Waals surface area contributed by atoms with Crippen molar-refractivity contribution in [2.45, 2.75) is 13.0 Å². The van der Waals surface area contributed by atoms with Crippen LogP contribution < -0.4 is 5.32 Å². The molecule has 1 unspecified atom stereocenters. The van der Waals surface area contributed by atoms with Gasteiger partial charge in [-0.25, -0.2) is 9.37 Å². The van der Waals surface area contributed by atoms with Crippen molar-refractivity contribution >= 4 is 5.95 Å². The van der Waals surface area contributed by atoms with Crippen molar-refractivity contribution in [1.82, 2.24) is 9.55 Å². The van der Waals surface area contributed by atoms with E-state index in [4.69, 9.17) is 0 Å². The van der Waals surface area contributed by atoms with Gasteiger partial charge in [0.05, 0.1) is 6.04 Å². The third kappa shape index (κ3) is 1.91. The van der Waals surface area contributed by atoms with Crippen LogP contribution in [0.4, 0.5) is 10.3 Å². The van der Waals surface area contributed by atoms with Gasteiger partial charge >= 0.3 is 0 Å². The monoisotopic (exact) mass is 219 g/mol. The molecule has 3 nitrogen and oxygen atoms in total. The summed E-state index contributed by atoms with van der Waals surface area (Å²) in [5.74, 6) is 0.590. The fraction of sp³-hybridized carbons (Fsp3) is 0.250. The zero-order valence-electron chi connectivity index (χ0n) is 9.31. The second-order valence-corrected chi connectivity index (χ2v) is 3.64. The van der Waals surface area contributed by atoms with Gasteiger partial charge in [0.2, 0.25) is 5.95 Å². The Morgan fingerprint density at radius 3 is 2.62 bits per heavy atom. The number of hydrogen-bond acceptors (Lipinski definition) is 2. The van der Waals surface area contributed by atoms with Crippen molar-refractivity contribution in [3.05, 3.63) is 48.0 Å². The van der Waals surface area contributed by atoms with Crippen LogP contribution in [0.5, 0.6) is 0 Å². The molecule has 2 aromatic rings. The van der Waals surface area contributed by atoms with Gasteiger partial charge in [0.25, 0.3) is 0 Å². The molecule has 0 bridgehead atoms. The maximum atomic E-state index is 12.8. The summed E-state index contributed by atoms with van der Waals surface area (Å²) in [4.78, 5) is 4.18. The first-order valence-electron chi connectivity index (χ1n) is 5.18. The van der Waals surface area contributed by atoms with Gasteiger partial charge in [-0.3, -0.25) is 0 Å². The number of halogens is 1. The minimum atomic E-state index is -0.213. The molecule has 0 amide bonds. The molecular formula is C12H14FN3. The van der Waals surface area contributed by atoms with E-state index in [1.807, 2.05) is 17.8 Å². The summed E-state index contributed by atoms with van der Waals surface area (Å²) in [6, 6.07) is 6.66. The molecule has 0 aliphatic heterocycles. The summed E-state index contributed by atoms with van der Waals surface area (Å²) in [7, 11) is 1.83. The van der Waals surface area contributed by atoms with Crippen LogP contribution >= 0.6 is 0 Å². The lowest BCUT2D eigenvalue weighted by atomic mass is 10.1. The molecule has 0 radical (unpaired) electrons. The van der Waals surface area contributed by atoms with Gasteiger partial charge in [0, 0.05) is 19.4 Å². The summed E-state index contributed by atoms with van der Waals surface area (Å²) in [5.41, 5.74) is 1.05. The zero-order valence-corrected chi connectivity index (χ0v) is 9.31. The van der Waals surface area contributed by atoms with Crippen LogP contribution in [0.15, 0.2) is 36.7 Å². The smallest absolute Gasteiger partial charge is 0.203 e. The van der Waals surface area contributed by atoms with Gasteiger partial charge in [-0.15, -0.1) is 0 Å². The predicted molar refractivity (Wildman–Crippen MR) is 62.0 cm³/mol. The summed E-state index contributed by atoms with van der Waals surface area (Å²) >= 11 is 0. The number of rotatable bonds is 3. The van der Waals surface area contributed by atoms with Crippen molar-refractivity contribution in [1.29, 1.82) is 0 Å². The molecular weight excluding hydrogens is 205 g/mol. The van der Waals surface area contributed by atoms with Crippen LogP contribution in [-0.4, -0.2) is 16.6 Å². The molecule has 1 N–H and O–H groups in total. The molecule has 1 aromatic carbocycles. The Balaban J connectivity index is 2.31. The molecule has 1 atom stereocenters. The molecule has 0 aliphatic rings. The fourth-order valence-electron chi connectivity index (χ4n) is 1.72. The Labute approximate surface area is 93.9 Å². The maximum absolute atomic E-state index is 12.8. The topological polar surface area (TPSA) is 29.9 Å². The number of benzene rings is 1. The average molecular weight is 219 g/mol. The summed E-state index contributed by atoms with van der Waals surface area (Å²) in [5, 5.41) is 3.02. The average Bonchev–Trinajstić information content (AvgIpc) is 2.77. The minimum Gasteiger partial charge on any atom is -0.359 e. The highest BCUT2D eigenvalue weighted by Gasteiger charge is 2.10. The molecule has 16 heavy (non-hydrogen) atoms. The highest BCUT2D eigenvalue weighted by atomic mass is 19.1. The molecule has 0 saturated carbocycles. The van der Waals surface area contributed by atoms with Crippen molar-refractivity contribution in [2.24, 2.45) is 0 Å². The van der Waals surface area contributed by atoms with Gasteiger partial charge in [0.1, 0.15) is 5.82 Å². The number of nitrogens with one attached hydrogen (secondary N) is 1. The second kappa shape index (κ2) is 4.35. The quantitative estimate of drug-likeness (QED) is 0.860. The van der Waals surface area contributed by atoms with E-state index in [1.165, 1.54) is 12.1 Å². The van der Waals surface area contributed by atoms with E-state index in [9.17, 15) is 4.39 Å². The van der Waals surface area contributed by atoms with E-state index in [0.29, 0.717) is 0 Å². The van der Waals surface area contributed by atoms with Crippen LogP contribution in [0, 0.1) is 5.82 Å². The van der Waals surface area contributed by atoms with Crippen LogP contribution in [0.25, 0.3) is 0 Å². The van der Waals surface area contributed by atoms with Crippen LogP contribution in [0.1, 0.15) is 18.5 Å². The van der Waals surface area contributed by atoms with Gasteiger partial charge in [-0.2, -0.15) is 0 Å². The number of imidazole rings is 1. The van der Waals surface area contributed by atoms with Crippen LogP contribution in [0.2, 0.25) is 0 Å². The first-order chi connectivity index (χ1) is 7.72. The third-order valence-corrected chi connectivity index (χ3v) is 2.66. The Bertz CT molecular complexity index is 461. The number of aromatic nitrogens is 2. The Kier molecular flexibility index (Phi) is 2.90. The van der Waals surface area contributed by atoms with Gasteiger partial charge < -0.3 is 9.88 Å². The molecule has 0 spiro atoms. The maximum Gasteiger partial charge on any atom is 0.203 e. The molecule has 0 aliphatic carbocycles. The standard InChI is InChI=1S/C12H14FN3/c1-9(10-3-5-11(13)6-4-10)16-8-7-15-12(16)14-2/h3-9H,1-2H3,(H,14,15). The highest BCUT2D eigenvalue weighted by molar-refractivity contribution is 5.29. The SMILES string of the molecule is CNc1nccn1C(C)c1ccc(F)cc1. The summed E-state index contributed by atoms with van der Waals surface area (Å²) in [6.45, 7) is 2.05. The van der Waals surface area contributed by atoms with E-state index >= 15 is 0 Å². The van der Waals surface area contributed by atoms with Gasteiger partial charge in [-0.05, 0) is 24.6 Å². The molecule has 1 aromatic heterocycles. The minimum absolute atomic E-state index is 0.130. The first kappa shape index (κ1) is 10.7. The van der Waals surface area contributed by atoms with E-state index in [0.717, 1.165) is 11.5 Å². The van der Waals surface area contributed by atoms with Crippen LogP contribution in [0.3, 0.4) is 0 Å². The summed E-state index contributed by atoms with van der Waals surface area (Å²) < 4.78 is 14.8. The normalized spacial score (nSPS) is 12.4. The van der Waals surface area contributed by atoms with Crippen molar-refractivity contribution in [2.75, 3.05) is 12.4 Å². The Morgan fingerprint density at radius 1 is 1.31 bits per heavy atom. The molecule has 84 valence electrons. The predicted octanol–water partition coefficient (Wildman–Crippen LogP) is 2.67. The lowest BCUT2D eigenvalue weighted by Gasteiger charge is -2.16. The number of hydrogen-bond donors (Lipinski definition) is 1. The lowest BCUT2D eigenvalue weighted by molar-refractivity contribution is 0.617. The van der Waals surface area contributed by atoms with Crippen LogP contribution in [-0.2, 0) is 0 Å². The molecule has 1 heterocycles. The van der Waals surface area contributed by atoms with E-state index in [-0.39, 0.29) is 11.9 Å². The summed E-state index contributed by atoms with van der Waals surface area (Å²) in [6.07, 6.45) is 3.64. The highest BCUT2D eigenvalue weighted by Crippen LogP contribution is 2.21. The zero-order chi connectivity index (χ0) is 11.5. The van der Waals surface area contributed by atoms with E-state index in [1.54, 1.807) is 18.3 Å². The third-order valence-electron chi connectivity index (χ3n) is 2.66. The molecule has 4 heteroatoms. The van der Waals surface area contributed by atoms with Gasteiger partial charge in [-0.1, -0.05) is 12.1 Å². The number of nitrogens with zero attached hydrogens (tertiary/aromatic N) is 2. The lowest BCUT2D eigenvalue weighted by Crippen LogP contribution is -2.09. The Morgan fingerprint density at radius 2 is 2.00 bits per heavy atom.